The molecule has 0 aliphatic rings. The molecule has 24 heavy (non-hydrogen) atoms. The highest BCUT2D eigenvalue weighted by atomic mass is 19.1. The molecule has 6 nitrogen and oxygen atoms in total. The lowest BCUT2D eigenvalue weighted by atomic mass is 10.2. The minimum atomic E-state index is -0.682. The molecule has 0 unspecified atom stereocenters. The lowest BCUT2D eigenvalue weighted by Gasteiger charge is -2.07. The van der Waals surface area contributed by atoms with Crippen LogP contribution in [0.1, 0.15) is 17.3 Å². The standard InChI is InChI=1S/C17H15FN2O4/c1-11(21)19-14-7-5-12(6-8-14)17(23)24-10-16(22)20-15-4-2-3-13(18)9-15/h2-9H,10H2,1H3,(H,19,21)(H,20,22). The zero-order chi connectivity index (χ0) is 17.5. The summed E-state index contributed by atoms with van der Waals surface area (Å²) in [6.07, 6.45) is 0. The predicted octanol–water partition coefficient (Wildman–Crippen LogP) is 2.58. The van der Waals surface area contributed by atoms with Gasteiger partial charge in [0.05, 0.1) is 5.56 Å². The van der Waals surface area contributed by atoms with Crippen LogP contribution in [0.25, 0.3) is 0 Å². The fraction of sp³-hybridized carbons (Fsp3) is 0.118. The Morgan fingerprint density at radius 1 is 1.00 bits per heavy atom. The van der Waals surface area contributed by atoms with Crippen LogP contribution in [0.5, 0.6) is 0 Å². The van der Waals surface area contributed by atoms with Crippen molar-refractivity contribution in [3.05, 3.63) is 59.9 Å². The van der Waals surface area contributed by atoms with Crippen molar-refractivity contribution in [1.82, 2.24) is 0 Å². The molecular weight excluding hydrogens is 315 g/mol. The van der Waals surface area contributed by atoms with Crippen LogP contribution in [0.3, 0.4) is 0 Å². The number of amides is 2. The Morgan fingerprint density at radius 3 is 2.33 bits per heavy atom. The van der Waals surface area contributed by atoms with Crippen LogP contribution in [0.4, 0.5) is 15.8 Å². The van der Waals surface area contributed by atoms with Gasteiger partial charge in [-0.25, -0.2) is 9.18 Å². The second-order valence-corrected chi connectivity index (χ2v) is 4.89. The van der Waals surface area contributed by atoms with Gasteiger partial charge in [0, 0.05) is 18.3 Å². The summed E-state index contributed by atoms with van der Waals surface area (Å²) in [5.41, 5.74) is 1.06. The molecule has 2 rings (SSSR count). The number of nitrogens with one attached hydrogen (secondary N) is 2. The Bertz CT molecular complexity index is 759. The summed E-state index contributed by atoms with van der Waals surface area (Å²) in [6, 6.07) is 11.4. The van der Waals surface area contributed by atoms with E-state index in [4.69, 9.17) is 4.74 Å². The minimum absolute atomic E-state index is 0.223. The maximum atomic E-state index is 13.0. The van der Waals surface area contributed by atoms with Gasteiger partial charge in [0.15, 0.2) is 6.61 Å². The quantitative estimate of drug-likeness (QED) is 0.825. The van der Waals surface area contributed by atoms with E-state index in [1.165, 1.54) is 37.3 Å². The first-order chi connectivity index (χ1) is 11.4. The summed E-state index contributed by atoms with van der Waals surface area (Å²) in [5.74, 6) is -1.97. The number of hydrogen-bond acceptors (Lipinski definition) is 4. The summed E-state index contributed by atoms with van der Waals surface area (Å²) < 4.78 is 17.9. The van der Waals surface area contributed by atoms with E-state index in [1.807, 2.05) is 0 Å². The summed E-state index contributed by atoms with van der Waals surface area (Å²) in [4.78, 5) is 34.4. The van der Waals surface area contributed by atoms with Crippen LogP contribution in [0.2, 0.25) is 0 Å². The Labute approximate surface area is 137 Å². The van der Waals surface area contributed by atoms with E-state index in [-0.39, 0.29) is 17.2 Å². The van der Waals surface area contributed by atoms with Crippen LogP contribution in [0.15, 0.2) is 48.5 Å². The number of carbonyl (C=O) groups is 3. The number of halogens is 1. The molecule has 0 bridgehead atoms. The number of rotatable bonds is 5. The molecular formula is C17H15FN2O4. The third-order valence-electron chi connectivity index (χ3n) is 2.88. The largest absolute Gasteiger partial charge is 0.452 e. The summed E-state index contributed by atoms with van der Waals surface area (Å²) in [7, 11) is 0. The van der Waals surface area contributed by atoms with Crippen LogP contribution in [0, 0.1) is 5.82 Å². The van der Waals surface area contributed by atoms with Crippen molar-refractivity contribution >= 4 is 29.2 Å². The van der Waals surface area contributed by atoms with Crippen LogP contribution in [-0.4, -0.2) is 24.4 Å². The topological polar surface area (TPSA) is 84.5 Å². The third-order valence-corrected chi connectivity index (χ3v) is 2.88. The maximum Gasteiger partial charge on any atom is 0.338 e. The highest BCUT2D eigenvalue weighted by molar-refractivity contribution is 5.96. The predicted molar refractivity (Wildman–Crippen MR) is 86.1 cm³/mol. The van der Waals surface area contributed by atoms with E-state index < -0.39 is 24.3 Å². The molecule has 0 aliphatic heterocycles. The van der Waals surface area contributed by atoms with Gasteiger partial charge in [0.25, 0.3) is 5.91 Å². The molecule has 124 valence electrons. The molecule has 0 spiro atoms. The third kappa shape index (κ3) is 5.20. The van der Waals surface area contributed by atoms with Crippen molar-refractivity contribution in [2.75, 3.05) is 17.2 Å². The molecule has 0 saturated carbocycles. The Morgan fingerprint density at radius 2 is 1.71 bits per heavy atom. The smallest absolute Gasteiger partial charge is 0.338 e. The van der Waals surface area contributed by atoms with Crippen LogP contribution < -0.4 is 10.6 Å². The zero-order valence-electron chi connectivity index (χ0n) is 12.8. The van der Waals surface area contributed by atoms with E-state index in [9.17, 15) is 18.8 Å². The lowest BCUT2D eigenvalue weighted by Crippen LogP contribution is -2.21. The molecule has 0 radical (unpaired) electrons. The second kappa shape index (κ2) is 7.87. The molecule has 2 N–H and O–H groups in total. The molecule has 0 fully saturated rings. The van der Waals surface area contributed by atoms with Gasteiger partial charge in [-0.15, -0.1) is 0 Å². The second-order valence-electron chi connectivity index (χ2n) is 4.89. The van der Waals surface area contributed by atoms with Gasteiger partial charge in [-0.05, 0) is 42.5 Å². The zero-order valence-corrected chi connectivity index (χ0v) is 12.8. The van der Waals surface area contributed by atoms with Crippen molar-refractivity contribution in [2.45, 2.75) is 6.92 Å². The molecule has 7 heteroatoms. The van der Waals surface area contributed by atoms with Gasteiger partial charge in [-0.1, -0.05) is 6.07 Å². The molecule has 0 aliphatic carbocycles. The number of carbonyl (C=O) groups excluding carboxylic acids is 3. The summed E-state index contributed by atoms with van der Waals surface area (Å²) in [6.45, 7) is 0.877. The van der Waals surface area contributed by atoms with Crippen molar-refractivity contribution < 1.29 is 23.5 Å². The normalized spacial score (nSPS) is 9.92. The number of esters is 1. The first kappa shape index (κ1) is 17.1. The molecule has 2 aromatic carbocycles. The van der Waals surface area contributed by atoms with Crippen LogP contribution >= 0.6 is 0 Å². The highest BCUT2D eigenvalue weighted by Gasteiger charge is 2.11. The van der Waals surface area contributed by atoms with Crippen molar-refractivity contribution in [2.24, 2.45) is 0 Å². The monoisotopic (exact) mass is 330 g/mol. The number of hydrogen-bond donors (Lipinski definition) is 2. The number of benzene rings is 2. The van der Waals surface area contributed by atoms with Crippen molar-refractivity contribution in [3.63, 3.8) is 0 Å². The van der Waals surface area contributed by atoms with Gasteiger partial charge < -0.3 is 15.4 Å². The lowest BCUT2D eigenvalue weighted by molar-refractivity contribution is -0.119. The Kier molecular flexibility index (Phi) is 5.62. The van der Waals surface area contributed by atoms with E-state index in [2.05, 4.69) is 10.6 Å². The molecule has 2 amide bonds. The fourth-order valence-corrected chi connectivity index (χ4v) is 1.87. The summed E-state index contributed by atoms with van der Waals surface area (Å²) in [5, 5.41) is 4.98. The van der Waals surface area contributed by atoms with Gasteiger partial charge in [0.2, 0.25) is 5.91 Å². The minimum Gasteiger partial charge on any atom is -0.452 e. The van der Waals surface area contributed by atoms with Gasteiger partial charge in [0.1, 0.15) is 5.82 Å². The number of ether oxygens (including phenoxy) is 1. The van der Waals surface area contributed by atoms with E-state index in [0.29, 0.717) is 5.69 Å². The van der Waals surface area contributed by atoms with Crippen molar-refractivity contribution in [3.8, 4) is 0 Å². The molecule has 0 aromatic heterocycles. The SMILES string of the molecule is CC(=O)Nc1ccc(C(=O)OCC(=O)Nc2cccc(F)c2)cc1. The van der Waals surface area contributed by atoms with Gasteiger partial charge in [-0.2, -0.15) is 0 Å². The maximum absolute atomic E-state index is 13.0. The Balaban J connectivity index is 1.86. The van der Waals surface area contributed by atoms with Gasteiger partial charge >= 0.3 is 5.97 Å². The average Bonchev–Trinajstić information content (AvgIpc) is 2.53. The van der Waals surface area contributed by atoms with Gasteiger partial charge in [-0.3, -0.25) is 9.59 Å². The molecule has 2 aromatic rings. The molecule has 0 atom stereocenters. The van der Waals surface area contributed by atoms with E-state index in [1.54, 1.807) is 12.1 Å². The molecule has 0 heterocycles. The molecule has 0 saturated heterocycles. The number of anilines is 2. The summed E-state index contributed by atoms with van der Waals surface area (Å²) >= 11 is 0. The average molecular weight is 330 g/mol. The fourth-order valence-electron chi connectivity index (χ4n) is 1.87. The first-order valence-electron chi connectivity index (χ1n) is 7.04. The van der Waals surface area contributed by atoms with Crippen molar-refractivity contribution in [1.29, 1.82) is 0 Å². The highest BCUT2D eigenvalue weighted by Crippen LogP contribution is 2.11. The van der Waals surface area contributed by atoms with E-state index in [0.717, 1.165) is 6.07 Å². The Hall–Kier alpha value is -3.22. The van der Waals surface area contributed by atoms with Crippen LogP contribution in [-0.2, 0) is 14.3 Å². The first-order valence-corrected chi connectivity index (χ1v) is 7.04. The van der Waals surface area contributed by atoms with E-state index >= 15 is 0 Å².